The van der Waals surface area contributed by atoms with E-state index in [1.165, 1.54) is 6.92 Å². The largest absolute Gasteiger partial charge is 0.481 e. The van der Waals surface area contributed by atoms with Crippen LogP contribution in [0.3, 0.4) is 0 Å². The van der Waals surface area contributed by atoms with E-state index in [9.17, 15) is 19.2 Å². The number of aliphatic carboxylic acids is 2. The van der Waals surface area contributed by atoms with Gasteiger partial charge >= 0.3 is 11.9 Å². The number of carbonyl (C=O) groups excluding carboxylic acids is 1. The summed E-state index contributed by atoms with van der Waals surface area (Å²) < 4.78 is 0.855. The number of nitrogens with zero attached hydrogens (tertiary/aromatic N) is 3. The Bertz CT molecular complexity index is 878. The van der Waals surface area contributed by atoms with Crippen LogP contribution >= 0.6 is 0 Å². The predicted octanol–water partition coefficient (Wildman–Crippen LogP) is -0.213. The summed E-state index contributed by atoms with van der Waals surface area (Å²) in [5.41, 5.74) is -0.160. The van der Waals surface area contributed by atoms with Crippen LogP contribution in [0.1, 0.15) is 25.8 Å². The van der Waals surface area contributed by atoms with Gasteiger partial charge in [-0.05, 0) is 25.5 Å². The number of aromatic nitrogens is 3. The Balaban J connectivity index is 2.21. The minimum atomic E-state index is -1.38. The lowest BCUT2D eigenvalue weighted by atomic mass is 10.1. The highest BCUT2D eigenvalue weighted by Crippen LogP contribution is 2.08. The minimum Gasteiger partial charge on any atom is -0.481 e. The van der Waals surface area contributed by atoms with E-state index in [0.29, 0.717) is 5.52 Å². The van der Waals surface area contributed by atoms with Crippen LogP contribution in [0.2, 0.25) is 0 Å². The Kier molecular flexibility index (Phi) is 5.42. The zero-order valence-electron chi connectivity index (χ0n) is 13.2. The van der Waals surface area contributed by atoms with Crippen molar-refractivity contribution in [1.29, 1.82) is 0 Å². The number of carboxylic acid groups (broad SMARTS) is 2. The van der Waals surface area contributed by atoms with Gasteiger partial charge < -0.3 is 15.5 Å². The van der Waals surface area contributed by atoms with Gasteiger partial charge in [-0.3, -0.25) is 14.4 Å². The van der Waals surface area contributed by atoms with Crippen molar-refractivity contribution in [3.05, 3.63) is 34.6 Å². The Morgan fingerprint density at radius 1 is 1.24 bits per heavy atom. The fraction of sp³-hybridized carbons (Fsp3) is 0.333. The van der Waals surface area contributed by atoms with Crippen LogP contribution in [0.25, 0.3) is 10.9 Å². The molecule has 0 radical (unpaired) electrons. The number of fused-ring (bicyclic) bond motifs is 1. The number of rotatable bonds is 7. The van der Waals surface area contributed by atoms with Gasteiger partial charge in [0.25, 0.3) is 5.56 Å². The molecule has 1 heterocycles. The lowest BCUT2D eigenvalue weighted by molar-refractivity contribution is -0.143. The van der Waals surface area contributed by atoms with Crippen LogP contribution in [0.4, 0.5) is 0 Å². The van der Waals surface area contributed by atoms with Crippen molar-refractivity contribution >= 4 is 28.7 Å². The Labute approximate surface area is 141 Å². The molecule has 3 N–H and O–H groups in total. The SMILES string of the molecule is CC(C(=O)NC(CCC(=O)O)C(=O)O)n1nnc2ccccc2c1=O. The molecular formula is C15H16N4O6. The average Bonchev–Trinajstić information content (AvgIpc) is 2.58. The van der Waals surface area contributed by atoms with Crippen LogP contribution in [0.15, 0.2) is 29.1 Å². The number of carbonyl (C=O) groups is 3. The van der Waals surface area contributed by atoms with Crippen molar-refractivity contribution < 1.29 is 24.6 Å². The van der Waals surface area contributed by atoms with Gasteiger partial charge in [-0.25, -0.2) is 4.79 Å². The number of hydrogen-bond acceptors (Lipinski definition) is 6. The molecule has 0 aliphatic rings. The third kappa shape index (κ3) is 4.16. The predicted molar refractivity (Wildman–Crippen MR) is 84.9 cm³/mol. The summed E-state index contributed by atoms with van der Waals surface area (Å²) in [7, 11) is 0. The zero-order valence-corrected chi connectivity index (χ0v) is 13.2. The van der Waals surface area contributed by atoms with Crippen molar-refractivity contribution in [3.8, 4) is 0 Å². The Morgan fingerprint density at radius 2 is 1.92 bits per heavy atom. The van der Waals surface area contributed by atoms with Crippen LogP contribution in [-0.4, -0.2) is 49.1 Å². The molecule has 2 aromatic rings. The monoisotopic (exact) mass is 348 g/mol. The summed E-state index contributed by atoms with van der Waals surface area (Å²) in [4.78, 5) is 46.3. The molecule has 0 bridgehead atoms. The van der Waals surface area contributed by atoms with E-state index in [1.54, 1.807) is 24.3 Å². The van der Waals surface area contributed by atoms with Crippen LogP contribution in [0, 0.1) is 0 Å². The van der Waals surface area contributed by atoms with E-state index in [4.69, 9.17) is 10.2 Å². The van der Waals surface area contributed by atoms with E-state index in [2.05, 4.69) is 15.6 Å². The summed E-state index contributed by atoms with van der Waals surface area (Å²) >= 11 is 0. The molecule has 132 valence electrons. The highest BCUT2D eigenvalue weighted by atomic mass is 16.4. The number of amides is 1. The molecule has 10 heteroatoms. The quantitative estimate of drug-likeness (QED) is 0.621. The minimum absolute atomic E-state index is 0.276. The molecule has 0 saturated carbocycles. The lowest BCUT2D eigenvalue weighted by Crippen LogP contribution is -2.45. The highest BCUT2D eigenvalue weighted by molar-refractivity contribution is 5.86. The van der Waals surface area contributed by atoms with Crippen molar-refractivity contribution in [1.82, 2.24) is 20.3 Å². The second-order valence-corrected chi connectivity index (χ2v) is 5.36. The van der Waals surface area contributed by atoms with E-state index >= 15 is 0 Å². The first kappa shape index (κ1) is 18.0. The maximum Gasteiger partial charge on any atom is 0.326 e. The lowest BCUT2D eigenvalue weighted by Gasteiger charge is -2.18. The van der Waals surface area contributed by atoms with Crippen LogP contribution in [-0.2, 0) is 14.4 Å². The first-order valence-corrected chi connectivity index (χ1v) is 7.40. The Morgan fingerprint density at radius 3 is 2.56 bits per heavy atom. The topological polar surface area (TPSA) is 151 Å². The van der Waals surface area contributed by atoms with Crippen molar-refractivity contribution in [3.63, 3.8) is 0 Å². The second-order valence-electron chi connectivity index (χ2n) is 5.36. The maximum atomic E-state index is 12.4. The smallest absolute Gasteiger partial charge is 0.326 e. The summed E-state index contributed by atoms with van der Waals surface area (Å²) in [5, 5.41) is 27.8. The van der Waals surface area contributed by atoms with E-state index < -0.39 is 41.9 Å². The number of carboxylic acids is 2. The third-order valence-corrected chi connectivity index (χ3v) is 3.60. The van der Waals surface area contributed by atoms with Gasteiger partial charge in [0.15, 0.2) is 0 Å². The maximum absolute atomic E-state index is 12.4. The van der Waals surface area contributed by atoms with Gasteiger partial charge in [-0.15, -0.1) is 5.10 Å². The number of hydrogen-bond donors (Lipinski definition) is 3. The first-order chi connectivity index (χ1) is 11.8. The molecule has 25 heavy (non-hydrogen) atoms. The van der Waals surface area contributed by atoms with Crippen LogP contribution in [0.5, 0.6) is 0 Å². The van der Waals surface area contributed by atoms with Gasteiger partial charge in [0.1, 0.15) is 17.6 Å². The third-order valence-electron chi connectivity index (χ3n) is 3.60. The molecule has 0 fully saturated rings. The highest BCUT2D eigenvalue weighted by Gasteiger charge is 2.26. The zero-order chi connectivity index (χ0) is 18.6. The van der Waals surface area contributed by atoms with Gasteiger partial charge in [0, 0.05) is 6.42 Å². The molecule has 1 amide bonds. The number of nitrogens with one attached hydrogen (secondary N) is 1. The molecule has 0 saturated heterocycles. The molecule has 1 aromatic heterocycles. The van der Waals surface area contributed by atoms with Gasteiger partial charge in [0.05, 0.1) is 5.39 Å². The van der Waals surface area contributed by atoms with E-state index in [1.807, 2.05) is 0 Å². The van der Waals surface area contributed by atoms with Crippen molar-refractivity contribution in [2.75, 3.05) is 0 Å². The van der Waals surface area contributed by atoms with Crippen LogP contribution < -0.4 is 10.9 Å². The summed E-state index contributed by atoms with van der Waals surface area (Å²) in [6.07, 6.45) is -0.692. The molecule has 2 rings (SSSR count). The van der Waals surface area contributed by atoms with E-state index in [-0.39, 0.29) is 11.8 Å². The average molecular weight is 348 g/mol. The molecule has 2 atom stereocenters. The Hall–Kier alpha value is -3.30. The standard InChI is InChI=1S/C15H16N4O6/c1-8(13(22)16-11(15(24)25)6-7-12(20)21)19-14(23)9-4-2-3-5-10(9)17-18-19/h2-5,8,11H,6-7H2,1H3,(H,16,22)(H,20,21)(H,24,25). The molecule has 0 spiro atoms. The van der Waals surface area contributed by atoms with Crippen molar-refractivity contribution in [2.45, 2.75) is 31.8 Å². The summed E-state index contributed by atoms with van der Waals surface area (Å²) in [6, 6.07) is 3.99. The first-order valence-electron chi connectivity index (χ1n) is 7.40. The van der Waals surface area contributed by atoms with Gasteiger partial charge in [-0.2, -0.15) is 4.68 Å². The van der Waals surface area contributed by atoms with Gasteiger partial charge in [-0.1, -0.05) is 17.3 Å². The molecular weight excluding hydrogens is 332 g/mol. The fourth-order valence-corrected chi connectivity index (χ4v) is 2.18. The molecule has 0 aliphatic carbocycles. The van der Waals surface area contributed by atoms with E-state index in [0.717, 1.165) is 4.68 Å². The van der Waals surface area contributed by atoms with Crippen molar-refractivity contribution in [2.24, 2.45) is 0 Å². The fourth-order valence-electron chi connectivity index (χ4n) is 2.18. The summed E-state index contributed by atoms with van der Waals surface area (Å²) in [5.74, 6) is -3.31. The molecule has 1 aromatic carbocycles. The molecule has 10 nitrogen and oxygen atoms in total. The summed E-state index contributed by atoms with van der Waals surface area (Å²) in [6.45, 7) is 1.37. The number of benzene rings is 1. The normalized spacial score (nSPS) is 13.2. The van der Waals surface area contributed by atoms with Gasteiger partial charge in [0.2, 0.25) is 5.91 Å². The molecule has 2 unspecified atom stereocenters. The molecule has 0 aliphatic heterocycles. The second kappa shape index (κ2) is 7.51.